The van der Waals surface area contributed by atoms with Crippen LogP contribution in [0.1, 0.15) is 30.9 Å². The van der Waals surface area contributed by atoms with Crippen LogP contribution in [0.25, 0.3) is 0 Å². The first-order chi connectivity index (χ1) is 14.2. The summed E-state index contributed by atoms with van der Waals surface area (Å²) in [5, 5.41) is 3.49. The van der Waals surface area contributed by atoms with E-state index in [0.29, 0.717) is 5.41 Å². The molecule has 0 saturated carbocycles. The maximum atomic E-state index is 5.68. The fraction of sp³-hybridized carbons (Fsp3) is 0.696. The summed E-state index contributed by atoms with van der Waals surface area (Å²) in [4.78, 5) is 12.3. The van der Waals surface area contributed by atoms with E-state index in [9.17, 15) is 0 Å². The Hall–Kier alpha value is -1.63. The van der Waals surface area contributed by atoms with Crippen LogP contribution in [-0.2, 0) is 17.8 Å². The zero-order valence-corrected chi connectivity index (χ0v) is 18.2. The van der Waals surface area contributed by atoms with Crippen molar-refractivity contribution >= 4 is 5.96 Å². The van der Waals surface area contributed by atoms with E-state index >= 15 is 0 Å². The standard InChI is InChI=1S/C23H37N5O/c1-3-24-22(28-10-8-23(18-28)9-15-29-19-23)25-16-20-4-6-21(7-5-20)17-27-13-11-26(2)12-14-27/h4-7H,3,8-19H2,1-2H3,(H,24,25). The van der Waals surface area contributed by atoms with Crippen molar-refractivity contribution in [2.45, 2.75) is 32.9 Å². The lowest BCUT2D eigenvalue weighted by Crippen LogP contribution is -2.43. The second-order valence-electron chi connectivity index (χ2n) is 9.04. The molecule has 29 heavy (non-hydrogen) atoms. The molecule has 0 radical (unpaired) electrons. The molecule has 0 aliphatic carbocycles. The Morgan fingerprint density at radius 1 is 1.07 bits per heavy atom. The lowest BCUT2D eigenvalue weighted by molar-refractivity contribution is 0.148. The number of likely N-dealkylation sites (N-methyl/N-ethyl adjacent to an activating group) is 1. The number of hydrogen-bond acceptors (Lipinski definition) is 4. The Bertz CT molecular complexity index is 675. The van der Waals surface area contributed by atoms with Crippen LogP contribution in [0, 0.1) is 5.41 Å². The highest BCUT2D eigenvalue weighted by molar-refractivity contribution is 5.80. The number of nitrogens with one attached hydrogen (secondary N) is 1. The predicted octanol–water partition coefficient (Wildman–Crippen LogP) is 2.01. The van der Waals surface area contributed by atoms with Gasteiger partial charge < -0.3 is 19.9 Å². The minimum Gasteiger partial charge on any atom is -0.381 e. The van der Waals surface area contributed by atoms with Crippen LogP contribution < -0.4 is 5.32 Å². The van der Waals surface area contributed by atoms with E-state index < -0.39 is 0 Å². The van der Waals surface area contributed by atoms with E-state index in [2.05, 4.69) is 58.3 Å². The molecule has 0 amide bonds. The molecule has 1 N–H and O–H groups in total. The van der Waals surface area contributed by atoms with E-state index in [1.54, 1.807) is 0 Å². The number of likely N-dealkylation sites (tertiary alicyclic amines) is 1. The first-order valence-corrected chi connectivity index (χ1v) is 11.3. The fourth-order valence-electron chi connectivity index (χ4n) is 4.69. The first kappa shape index (κ1) is 20.6. The van der Waals surface area contributed by atoms with Crippen molar-refractivity contribution in [2.75, 3.05) is 66.1 Å². The number of nitrogens with zero attached hydrogens (tertiary/aromatic N) is 4. The van der Waals surface area contributed by atoms with Crippen molar-refractivity contribution < 1.29 is 4.74 Å². The van der Waals surface area contributed by atoms with Crippen molar-refractivity contribution in [1.29, 1.82) is 0 Å². The number of aliphatic imine (C=N–C) groups is 1. The van der Waals surface area contributed by atoms with E-state index in [1.807, 2.05) is 0 Å². The van der Waals surface area contributed by atoms with Gasteiger partial charge in [0.05, 0.1) is 13.2 Å². The highest BCUT2D eigenvalue weighted by Crippen LogP contribution is 2.38. The summed E-state index contributed by atoms with van der Waals surface area (Å²) >= 11 is 0. The number of benzene rings is 1. The molecule has 3 aliphatic rings. The summed E-state index contributed by atoms with van der Waals surface area (Å²) in [6, 6.07) is 9.04. The van der Waals surface area contributed by atoms with Gasteiger partial charge in [-0.15, -0.1) is 0 Å². The maximum absolute atomic E-state index is 5.68. The molecule has 0 bridgehead atoms. The topological polar surface area (TPSA) is 43.3 Å². The summed E-state index contributed by atoms with van der Waals surface area (Å²) < 4.78 is 5.68. The number of guanidine groups is 1. The minimum absolute atomic E-state index is 0.362. The molecule has 1 unspecified atom stereocenters. The quantitative estimate of drug-likeness (QED) is 0.606. The van der Waals surface area contributed by atoms with E-state index in [1.165, 1.54) is 37.1 Å². The van der Waals surface area contributed by atoms with Crippen molar-refractivity contribution in [3.8, 4) is 0 Å². The number of ether oxygens (including phenoxy) is 1. The average Bonchev–Trinajstić information content (AvgIpc) is 3.38. The van der Waals surface area contributed by atoms with E-state index in [4.69, 9.17) is 9.73 Å². The molecule has 3 heterocycles. The Morgan fingerprint density at radius 3 is 2.52 bits per heavy atom. The van der Waals surface area contributed by atoms with Gasteiger partial charge in [0.15, 0.2) is 5.96 Å². The van der Waals surface area contributed by atoms with Gasteiger partial charge in [-0.25, -0.2) is 4.99 Å². The normalized spacial score (nSPS) is 26.6. The Morgan fingerprint density at radius 2 is 1.83 bits per heavy atom. The molecule has 3 aliphatic heterocycles. The van der Waals surface area contributed by atoms with Crippen LogP contribution in [0.3, 0.4) is 0 Å². The largest absolute Gasteiger partial charge is 0.381 e. The van der Waals surface area contributed by atoms with E-state index in [0.717, 1.165) is 65.0 Å². The van der Waals surface area contributed by atoms with Crippen molar-refractivity contribution in [3.63, 3.8) is 0 Å². The summed E-state index contributed by atoms with van der Waals surface area (Å²) in [7, 11) is 2.21. The number of piperazine rings is 1. The smallest absolute Gasteiger partial charge is 0.194 e. The van der Waals surface area contributed by atoms with Gasteiger partial charge in [-0.05, 0) is 37.9 Å². The second-order valence-corrected chi connectivity index (χ2v) is 9.04. The second kappa shape index (κ2) is 9.45. The molecular formula is C23H37N5O. The van der Waals surface area contributed by atoms with E-state index in [-0.39, 0.29) is 0 Å². The lowest BCUT2D eigenvalue weighted by atomic mass is 9.87. The third-order valence-electron chi connectivity index (χ3n) is 6.69. The molecule has 160 valence electrons. The summed E-state index contributed by atoms with van der Waals surface area (Å²) in [5.41, 5.74) is 3.04. The molecular weight excluding hydrogens is 362 g/mol. The van der Waals surface area contributed by atoms with Crippen molar-refractivity contribution in [1.82, 2.24) is 20.0 Å². The van der Waals surface area contributed by atoms with Gasteiger partial charge in [0, 0.05) is 64.4 Å². The molecule has 6 nitrogen and oxygen atoms in total. The molecule has 3 saturated heterocycles. The Balaban J connectivity index is 1.32. The van der Waals surface area contributed by atoms with Gasteiger partial charge >= 0.3 is 0 Å². The molecule has 6 heteroatoms. The molecule has 1 aromatic carbocycles. The fourth-order valence-corrected chi connectivity index (χ4v) is 4.69. The summed E-state index contributed by atoms with van der Waals surface area (Å²) in [6.07, 6.45) is 2.41. The van der Waals surface area contributed by atoms with Crippen LogP contribution in [0.15, 0.2) is 29.3 Å². The average molecular weight is 400 g/mol. The SMILES string of the molecule is CCNC(=NCc1ccc(CN2CCN(C)CC2)cc1)N1CCC2(CCOC2)C1. The number of rotatable bonds is 5. The highest BCUT2D eigenvalue weighted by Gasteiger charge is 2.42. The predicted molar refractivity (Wildman–Crippen MR) is 118 cm³/mol. The third kappa shape index (κ3) is 5.30. The maximum Gasteiger partial charge on any atom is 0.194 e. The zero-order valence-electron chi connectivity index (χ0n) is 18.2. The van der Waals surface area contributed by atoms with Gasteiger partial charge in [-0.2, -0.15) is 0 Å². The van der Waals surface area contributed by atoms with Crippen molar-refractivity contribution in [3.05, 3.63) is 35.4 Å². The Kier molecular flexibility index (Phi) is 6.73. The van der Waals surface area contributed by atoms with Gasteiger partial charge in [-0.1, -0.05) is 24.3 Å². The summed E-state index contributed by atoms with van der Waals surface area (Å²) in [6.45, 7) is 13.5. The minimum atomic E-state index is 0.362. The van der Waals surface area contributed by atoms with Crippen LogP contribution >= 0.6 is 0 Å². The molecule has 1 spiro atoms. The summed E-state index contributed by atoms with van der Waals surface area (Å²) in [5.74, 6) is 1.05. The molecule has 1 atom stereocenters. The van der Waals surface area contributed by atoms with Crippen molar-refractivity contribution in [2.24, 2.45) is 10.4 Å². The Labute approximate surface area is 175 Å². The van der Waals surface area contributed by atoms with Gasteiger partial charge in [0.1, 0.15) is 0 Å². The van der Waals surface area contributed by atoms with Crippen LogP contribution in [0.4, 0.5) is 0 Å². The molecule has 3 fully saturated rings. The first-order valence-electron chi connectivity index (χ1n) is 11.3. The van der Waals surface area contributed by atoms with Gasteiger partial charge in [0.25, 0.3) is 0 Å². The van der Waals surface area contributed by atoms with Crippen LogP contribution in [0.5, 0.6) is 0 Å². The number of hydrogen-bond donors (Lipinski definition) is 1. The molecule has 1 aromatic rings. The zero-order chi connectivity index (χ0) is 20.1. The highest BCUT2D eigenvalue weighted by atomic mass is 16.5. The van der Waals surface area contributed by atoms with Crippen LogP contribution in [0.2, 0.25) is 0 Å². The van der Waals surface area contributed by atoms with Crippen LogP contribution in [-0.4, -0.2) is 86.7 Å². The molecule has 0 aromatic heterocycles. The van der Waals surface area contributed by atoms with Gasteiger partial charge in [-0.3, -0.25) is 4.90 Å². The van der Waals surface area contributed by atoms with Gasteiger partial charge in [0.2, 0.25) is 0 Å². The lowest BCUT2D eigenvalue weighted by Gasteiger charge is -2.32. The monoisotopic (exact) mass is 399 g/mol. The molecule has 4 rings (SSSR count). The third-order valence-corrected chi connectivity index (χ3v) is 6.69.